The van der Waals surface area contributed by atoms with Crippen LogP contribution in [0.15, 0.2) is 35.1 Å². The molecule has 6 heteroatoms. The number of amides is 1. The van der Waals surface area contributed by atoms with Gasteiger partial charge in [0.15, 0.2) is 0 Å². The number of anilines is 1. The molecule has 1 saturated heterocycles. The zero-order valence-electron chi connectivity index (χ0n) is 11.9. The van der Waals surface area contributed by atoms with E-state index in [1.807, 2.05) is 24.3 Å². The quantitative estimate of drug-likeness (QED) is 0.902. The van der Waals surface area contributed by atoms with Crippen molar-refractivity contribution in [3.8, 4) is 11.5 Å². The summed E-state index contributed by atoms with van der Waals surface area (Å²) in [6, 6.07) is 7.83. The number of rotatable bonds is 3. The molecule has 1 fully saturated rings. The lowest BCUT2D eigenvalue weighted by Crippen LogP contribution is -2.40. The average Bonchev–Trinajstić information content (AvgIpc) is 3.02. The lowest BCUT2D eigenvalue weighted by molar-refractivity contribution is -0.120. The Kier molecular flexibility index (Phi) is 3.96. The third-order valence-electron chi connectivity index (χ3n) is 3.73. The van der Waals surface area contributed by atoms with Gasteiger partial charge in [-0.25, -0.2) is 0 Å². The predicted octanol–water partition coefficient (Wildman–Crippen LogP) is 2.06. The van der Waals surface area contributed by atoms with Gasteiger partial charge in [-0.3, -0.25) is 4.79 Å². The minimum atomic E-state index is 0.0633. The Morgan fingerprint density at radius 2 is 2.38 bits per heavy atom. The summed E-state index contributed by atoms with van der Waals surface area (Å²) in [4.78, 5) is 12.3. The van der Waals surface area contributed by atoms with Crippen LogP contribution in [0.4, 0.5) is 5.69 Å². The van der Waals surface area contributed by atoms with Gasteiger partial charge in [-0.2, -0.15) is 0 Å². The first-order chi connectivity index (χ1) is 10.2. The minimum absolute atomic E-state index is 0.0633. The fraction of sp³-hybridized carbons (Fsp3) is 0.400. The Balaban J connectivity index is 1.70. The third kappa shape index (κ3) is 3.28. The largest absolute Gasteiger partial charge is 0.423 e. The van der Waals surface area contributed by atoms with Crippen molar-refractivity contribution in [2.75, 3.05) is 11.9 Å². The van der Waals surface area contributed by atoms with E-state index in [4.69, 9.17) is 4.42 Å². The van der Waals surface area contributed by atoms with Gasteiger partial charge in [0.2, 0.25) is 18.2 Å². The maximum atomic E-state index is 12.3. The molecule has 1 aliphatic rings. The van der Waals surface area contributed by atoms with E-state index in [1.54, 1.807) is 0 Å². The van der Waals surface area contributed by atoms with E-state index in [9.17, 15) is 4.79 Å². The number of benzene rings is 1. The number of carbonyl (C=O) groups excluding carboxylic acids is 1. The van der Waals surface area contributed by atoms with Crippen molar-refractivity contribution >= 4 is 11.6 Å². The van der Waals surface area contributed by atoms with Crippen molar-refractivity contribution in [1.82, 2.24) is 15.5 Å². The fourth-order valence-corrected chi connectivity index (χ4v) is 2.64. The second kappa shape index (κ2) is 6.05. The second-order valence-electron chi connectivity index (χ2n) is 5.39. The van der Waals surface area contributed by atoms with Crippen LogP contribution in [0.2, 0.25) is 0 Å². The molecule has 0 radical (unpaired) electrons. The predicted molar refractivity (Wildman–Crippen MR) is 78.6 cm³/mol. The Hall–Kier alpha value is -2.21. The monoisotopic (exact) mass is 286 g/mol. The standard InChI is InChI=1S/C15H18N4O2/c1-10-7-11(5-6-16-10)14(20)18-13-4-2-3-12(8-13)15-19-17-9-21-15/h2-4,8-11,16H,5-7H2,1H3,(H,18,20). The van der Waals surface area contributed by atoms with E-state index in [1.165, 1.54) is 6.39 Å². The van der Waals surface area contributed by atoms with E-state index in [-0.39, 0.29) is 11.8 Å². The van der Waals surface area contributed by atoms with Crippen LogP contribution in [0, 0.1) is 5.92 Å². The second-order valence-corrected chi connectivity index (χ2v) is 5.39. The number of aromatic nitrogens is 2. The summed E-state index contributed by atoms with van der Waals surface area (Å²) in [5.41, 5.74) is 1.55. The van der Waals surface area contributed by atoms with Gasteiger partial charge in [0.05, 0.1) is 0 Å². The van der Waals surface area contributed by atoms with Crippen molar-refractivity contribution in [2.45, 2.75) is 25.8 Å². The molecule has 2 aromatic rings. The molecule has 2 heterocycles. The first-order valence-electron chi connectivity index (χ1n) is 7.13. The fourth-order valence-electron chi connectivity index (χ4n) is 2.64. The van der Waals surface area contributed by atoms with Crippen molar-refractivity contribution in [2.24, 2.45) is 5.92 Å². The molecule has 110 valence electrons. The summed E-state index contributed by atoms with van der Waals surface area (Å²) < 4.78 is 5.17. The highest BCUT2D eigenvalue weighted by molar-refractivity contribution is 5.93. The van der Waals surface area contributed by atoms with Crippen molar-refractivity contribution in [3.63, 3.8) is 0 Å². The molecule has 2 atom stereocenters. The Morgan fingerprint density at radius 1 is 1.48 bits per heavy atom. The van der Waals surface area contributed by atoms with E-state index < -0.39 is 0 Å². The van der Waals surface area contributed by atoms with Crippen LogP contribution in [0.25, 0.3) is 11.5 Å². The van der Waals surface area contributed by atoms with E-state index in [0.717, 1.165) is 30.6 Å². The summed E-state index contributed by atoms with van der Waals surface area (Å²) in [5, 5.41) is 13.9. The zero-order chi connectivity index (χ0) is 14.7. The third-order valence-corrected chi connectivity index (χ3v) is 3.73. The first kappa shape index (κ1) is 13.8. The molecule has 0 saturated carbocycles. The van der Waals surface area contributed by atoms with Gasteiger partial charge in [-0.15, -0.1) is 10.2 Å². The molecule has 0 aliphatic carbocycles. The van der Waals surface area contributed by atoms with E-state index in [2.05, 4.69) is 27.8 Å². The zero-order valence-corrected chi connectivity index (χ0v) is 11.9. The SMILES string of the molecule is CC1CC(C(=O)Nc2cccc(-c3nnco3)c2)CCN1. The number of nitrogens with one attached hydrogen (secondary N) is 2. The molecular weight excluding hydrogens is 268 g/mol. The van der Waals surface area contributed by atoms with Crippen molar-refractivity contribution < 1.29 is 9.21 Å². The van der Waals surface area contributed by atoms with Crippen LogP contribution in [0.3, 0.4) is 0 Å². The van der Waals surface area contributed by atoms with Crippen LogP contribution in [0.1, 0.15) is 19.8 Å². The highest BCUT2D eigenvalue weighted by Crippen LogP contribution is 2.22. The lowest BCUT2D eigenvalue weighted by Gasteiger charge is -2.27. The number of carbonyl (C=O) groups is 1. The van der Waals surface area contributed by atoms with Crippen LogP contribution in [0.5, 0.6) is 0 Å². The summed E-state index contributed by atoms with van der Waals surface area (Å²) in [6.07, 6.45) is 3.03. The van der Waals surface area contributed by atoms with Crippen LogP contribution >= 0.6 is 0 Å². The Bertz CT molecular complexity index is 612. The minimum Gasteiger partial charge on any atom is -0.423 e. The molecular formula is C15H18N4O2. The molecule has 0 spiro atoms. The van der Waals surface area contributed by atoms with Gasteiger partial charge in [0, 0.05) is 23.2 Å². The van der Waals surface area contributed by atoms with Crippen LogP contribution in [-0.4, -0.2) is 28.7 Å². The van der Waals surface area contributed by atoms with E-state index in [0.29, 0.717) is 11.9 Å². The molecule has 1 aromatic carbocycles. The molecule has 6 nitrogen and oxygen atoms in total. The summed E-state index contributed by atoms with van der Waals surface area (Å²) in [7, 11) is 0. The van der Waals surface area contributed by atoms with Gasteiger partial charge >= 0.3 is 0 Å². The Labute approximate surface area is 123 Å². The maximum Gasteiger partial charge on any atom is 0.247 e. The van der Waals surface area contributed by atoms with Gasteiger partial charge < -0.3 is 15.1 Å². The van der Waals surface area contributed by atoms with Gasteiger partial charge in [0.25, 0.3) is 0 Å². The Morgan fingerprint density at radius 3 is 3.14 bits per heavy atom. The molecule has 1 aliphatic heterocycles. The normalized spacial score (nSPS) is 22.0. The molecule has 0 bridgehead atoms. The summed E-state index contributed by atoms with van der Waals surface area (Å²) in [6.45, 7) is 3.00. The van der Waals surface area contributed by atoms with Gasteiger partial charge in [-0.05, 0) is 44.5 Å². The van der Waals surface area contributed by atoms with Crippen molar-refractivity contribution in [3.05, 3.63) is 30.7 Å². The highest BCUT2D eigenvalue weighted by atomic mass is 16.4. The lowest BCUT2D eigenvalue weighted by atomic mass is 9.92. The summed E-state index contributed by atoms with van der Waals surface area (Å²) >= 11 is 0. The highest BCUT2D eigenvalue weighted by Gasteiger charge is 2.24. The van der Waals surface area contributed by atoms with Crippen molar-refractivity contribution in [1.29, 1.82) is 0 Å². The first-order valence-corrected chi connectivity index (χ1v) is 7.13. The average molecular weight is 286 g/mol. The number of hydrogen-bond donors (Lipinski definition) is 2. The molecule has 21 heavy (non-hydrogen) atoms. The van der Waals surface area contributed by atoms with Gasteiger partial charge in [0.1, 0.15) is 0 Å². The maximum absolute atomic E-state index is 12.3. The number of nitrogens with zero attached hydrogens (tertiary/aromatic N) is 2. The van der Waals surface area contributed by atoms with E-state index >= 15 is 0 Å². The number of piperidine rings is 1. The molecule has 3 rings (SSSR count). The topological polar surface area (TPSA) is 80.1 Å². The number of hydrogen-bond acceptors (Lipinski definition) is 5. The van der Waals surface area contributed by atoms with Crippen LogP contribution in [-0.2, 0) is 4.79 Å². The molecule has 1 amide bonds. The van der Waals surface area contributed by atoms with Gasteiger partial charge in [-0.1, -0.05) is 6.07 Å². The molecule has 2 unspecified atom stereocenters. The smallest absolute Gasteiger partial charge is 0.247 e. The molecule has 2 N–H and O–H groups in total. The summed E-state index contributed by atoms with van der Waals surface area (Å²) in [5.74, 6) is 0.584. The molecule has 1 aromatic heterocycles. The van der Waals surface area contributed by atoms with Crippen LogP contribution < -0.4 is 10.6 Å².